The summed E-state index contributed by atoms with van der Waals surface area (Å²) in [4.78, 5) is 27.3. The van der Waals surface area contributed by atoms with Gasteiger partial charge < -0.3 is 10.2 Å². The van der Waals surface area contributed by atoms with Gasteiger partial charge in [0.25, 0.3) is 0 Å². The maximum Gasteiger partial charge on any atom is 0.228 e. The first-order chi connectivity index (χ1) is 11.5. The number of amides is 2. The lowest BCUT2D eigenvalue weighted by atomic mass is 9.99. The zero-order valence-corrected chi connectivity index (χ0v) is 15.0. The van der Waals surface area contributed by atoms with Gasteiger partial charge in [-0.15, -0.1) is 0 Å². The number of aryl methyl sites for hydroxylation is 2. The number of anilines is 1. The first-order valence-corrected chi connectivity index (χ1v) is 9.19. The molecule has 1 N–H and O–H groups in total. The third-order valence-electron chi connectivity index (χ3n) is 5.32. The summed E-state index contributed by atoms with van der Waals surface area (Å²) in [6.45, 7) is 7.05. The molecule has 1 saturated carbocycles. The van der Waals surface area contributed by atoms with E-state index in [0.29, 0.717) is 12.5 Å². The molecule has 1 aromatic rings. The smallest absolute Gasteiger partial charge is 0.228 e. The molecule has 4 nitrogen and oxygen atoms in total. The highest BCUT2D eigenvalue weighted by Crippen LogP contribution is 2.42. The molecule has 0 aromatic heterocycles. The second-order valence-electron chi connectivity index (χ2n) is 7.40. The van der Waals surface area contributed by atoms with Crippen molar-refractivity contribution >= 4 is 17.5 Å². The Morgan fingerprint density at radius 2 is 1.83 bits per heavy atom. The number of carbonyl (C=O) groups is 2. The average molecular weight is 328 g/mol. The van der Waals surface area contributed by atoms with Crippen LogP contribution in [0.3, 0.4) is 0 Å². The van der Waals surface area contributed by atoms with E-state index in [2.05, 4.69) is 18.3 Å². The number of likely N-dealkylation sites (tertiary alicyclic amines) is 1. The number of piperidine rings is 1. The van der Waals surface area contributed by atoms with E-state index in [1.54, 1.807) is 0 Å². The molecule has 2 aliphatic rings. The third kappa shape index (κ3) is 3.63. The molecular weight excluding hydrogens is 300 g/mol. The molecule has 4 heteroatoms. The molecule has 1 saturated heterocycles. The fraction of sp³-hybridized carbons (Fsp3) is 0.600. The Morgan fingerprint density at radius 3 is 2.50 bits per heavy atom. The van der Waals surface area contributed by atoms with Crippen molar-refractivity contribution in [2.75, 3.05) is 11.9 Å². The fourth-order valence-corrected chi connectivity index (χ4v) is 3.97. The molecule has 0 radical (unpaired) electrons. The van der Waals surface area contributed by atoms with Gasteiger partial charge in [-0.25, -0.2) is 0 Å². The first kappa shape index (κ1) is 17.0. The Morgan fingerprint density at radius 1 is 1.12 bits per heavy atom. The number of nitrogens with one attached hydrogen (secondary N) is 1. The summed E-state index contributed by atoms with van der Waals surface area (Å²) >= 11 is 0. The van der Waals surface area contributed by atoms with Gasteiger partial charge in [-0.3, -0.25) is 9.59 Å². The predicted molar refractivity (Wildman–Crippen MR) is 95.8 cm³/mol. The SMILES string of the molecule is CCC1CCCCN1C(=O)C1CC1C(=O)Nc1cc(C)cc(C)c1. The van der Waals surface area contributed by atoms with Gasteiger partial charge >= 0.3 is 0 Å². The number of hydrogen-bond acceptors (Lipinski definition) is 2. The monoisotopic (exact) mass is 328 g/mol. The highest BCUT2D eigenvalue weighted by molar-refractivity contribution is 5.99. The van der Waals surface area contributed by atoms with Gasteiger partial charge in [-0.05, 0) is 69.2 Å². The molecule has 2 fully saturated rings. The fourth-order valence-electron chi connectivity index (χ4n) is 3.97. The number of carbonyl (C=O) groups excluding carboxylic acids is 2. The lowest BCUT2D eigenvalue weighted by molar-refractivity contribution is -0.137. The van der Waals surface area contributed by atoms with Crippen LogP contribution < -0.4 is 5.32 Å². The molecule has 2 amide bonds. The summed E-state index contributed by atoms with van der Waals surface area (Å²) in [5, 5.41) is 2.99. The third-order valence-corrected chi connectivity index (χ3v) is 5.32. The van der Waals surface area contributed by atoms with Crippen molar-refractivity contribution in [2.24, 2.45) is 11.8 Å². The molecule has 1 aromatic carbocycles. The number of hydrogen-bond donors (Lipinski definition) is 1. The molecule has 3 atom stereocenters. The Kier molecular flexibility index (Phi) is 4.93. The molecule has 1 aliphatic carbocycles. The zero-order chi connectivity index (χ0) is 17.3. The summed E-state index contributed by atoms with van der Waals surface area (Å²) in [6, 6.07) is 6.40. The maximum atomic E-state index is 12.8. The van der Waals surface area contributed by atoms with Gasteiger partial charge in [-0.2, -0.15) is 0 Å². The van der Waals surface area contributed by atoms with Crippen LogP contribution in [-0.4, -0.2) is 29.3 Å². The average Bonchev–Trinajstić information content (AvgIpc) is 3.34. The predicted octanol–water partition coefficient (Wildman–Crippen LogP) is 3.67. The minimum atomic E-state index is -0.155. The molecule has 0 spiro atoms. The molecule has 3 rings (SSSR count). The standard InChI is InChI=1S/C20H28N2O2/c1-4-16-7-5-6-8-22(16)20(24)18-12-17(18)19(23)21-15-10-13(2)9-14(3)11-15/h9-11,16-18H,4-8,12H2,1-3H3,(H,21,23). The molecule has 1 heterocycles. The van der Waals surface area contributed by atoms with Gasteiger partial charge in [0, 0.05) is 18.3 Å². The van der Waals surface area contributed by atoms with Crippen LogP contribution in [0.2, 0.25) is 0 Å². The van der Waals surface area contributed by atoms with E-state index in [9.17, 15) is 9.59 Å². The zero-order valence-electron chi connectivity index (χ0n) is 15.0. The Balaban J connectivity index is 1.59. The summed E-state index contributed by atoms with van der Waals surface area (Å²) in [6.07, 6.45) is 5.12. The normalized spacial score (nSPS) is 26.1. The van der Waals surface area contributed by atoms with E-state index >= 15 is 0 Å². The lowest BCUT2D eigenvalue weighted by Gasteiger charge is -2.35. The van der Waals surface area contributed by atoms with Crippen molar-refractivity contribution in [3.05, 3.63) is 29.3 Å². The second-order valence-corrected chi connectivity index (χ2v) is 7.40. The minimum absolute atomic E-state index is 0.0107. The van der Waals surface area contributed by atoms with E-state index in [1.165, 1.54) is 6.42 Å². The summed E-state index contributed by atoms with van der Waals surface area (Å²) in [7, 11) is 0. The van der Waals surface area contributed by atoms with Crippen LogP contribution in [0.15, 0.2) is 18.2 Å². The van der Waals surface area contributed by atoms with Crippen molar-refractivity contribution in [3.63, 3.8) is 0 Å². The van der Waals surface area contributed by atoms with Crippen molar-refractivity contribution in [1.29, 1.82) is 0 Å². The Bertz CT molecular complexity index is 620. The molecular formula is C20H28N2O2. The number of nitrogens with zero attached hydrogens (tertiary/aromatic N) is 1. The molecule has 3 unspecified atom stereocenters. The van der Waals surface area contributed by atoms with Crippen molar-refractivity contribution in [1.82, 2.24) is 4.90 Å². The van der Waals surface area contributed by atoms with Gasteiger partial charge in [0.1, 0.15) is 0 Å². The van der Waals surface area contributed by atoms with E-state index in [4.69, 9.17) is 0 Å². The van der Waals surface area contributed by atoms with Gasteiger partial charge in [-0.1, -0.05) is 13.0 Å². The van der Waals surface area contributed by atoms with Crippen molar-refractivity contribution in [2.45, 2.75) is 58.9 Å². The quantitative estimate of drug-likeness (QED) is 0.917. The Hall–Kier alpha value is -1.84. The number of benzene rings is 1. The largest absolute Gasteiger partial charge is 0.339 e. The molecule has 0 bridgehead atoms. The summed E-state index contributed by atoms with van der Waals surface area (Å²) in [5.41, 5.74) is 3.10. The van der Waals surface area contributed by atoms with Gasteiger partial charge in [0.05, 0.1) is 11.8 Å². The van der Waals surface area contributed by atoms with Gasteiger partial charge in [0.2, 0.25) is 11.8 Å². The van der Waals surface area contributed by atoms with Crippen LogP contribution in [0, 0.1) is 25.7 Å². The second kappa shape index (κ2) is 6.96. The maximum absolute atomic E-state index is 12.8. The van der Waals surface area contributed by atoms with E-state index in [1.807, 2.05) is 30.9 Å². The molecule has 1 aliphatic heterocycles. The van der Waals surface area contributed by atoms with E-state index < -0.39 is 0 Å². The van der Waals surface area contributed by atoms with Crippen LogP contribution in [-0.2, 0) is 9.59 Å². The lowest BCUT2D eigenvalue weighted by Crippen LogP contribution is -2.44. The minimum Gasteiger partial charge on any atom is -0.339 e. The van der Waals surface area contributed by atoms with Crippen LogP contribution in [0.5, 0.6) is 0 Å². The summed E-state index contributed by atoms with van der Waals surface area (Å²) < 4.78 is 0. The van der Waals surface area contributed by atoms with Crippen LogP contribution in [0.4, 0.5) is 5.69 Å². The Labute approximate surface area is 144 Å². The molecule has 130 valence electrons. The van der Waals surface area contributed by atoms with E-state index in [-0.39, 0.29) is 23.7 Å². The molecule has 24 heavy (non-hydrogen) atoms. The number of rotatable bonds is 4. The van der Waals surface area contributed by atoms with Gasteiger partial charge in [0.15, 0.2) is 0 Å². The summed E-state index contributed by atoms with van der Waals surface area (Å²) in [5.74, 6) is -0.0775. The van der Waals surface area contributed by atoms with Crippen LogP contribution >= 0.6 is 0 Å². The van der Waals surface area contributed by atoms with Crippen molar-refractivity contribution < 1.29 is 9.59 Å². The first-order valence-electron chi connectivity index (χ1n) is 9.19. The van der Waals surface area contributed by atoms with Crippen LogP contribution in [0.25, 0.3) is 0 Å². The van der Waals surface area contributed by atoms with Crippen molar-refractivity contribution in [3.8, 4) is 0 Å². The van der Waals surface area contributed by atoms with E-state index in [0.717, 1.165) is 42.6 Å². The van der Waals surface area contributed by atoms with Crippen LogP contribution in [0.1, 0.15) is 50.2 Å². The highest BCUT2D eigenvalue weighted by Gasteiger charge is 2.50. The highest BCUT2D eigenvalue weighted by atomic mass is 16.2. The topological polar surface area (TPSA) is 49.4 Å².